The van der Waals surface area contributed by atoms with E-state index in [1.807, 2.05) is 45.0 Å². The Hall–Kier alpha value is -2.24. The fraction of sp³-hybridized carbons (Fsp3) is 0.556. The third-order valence-corrected chi connectivity index (χ3v) is 4.18. The minimum atomic E-state index is -0.486. The molecule has 0 saturated carbocycles. The van der Waals surface area contributed by atoms with Crippen LogP contribution in [0.3, 0.4) is 0 Å². The van der Waals surface area contributed by atoms with E-state index in [0.717, 1.165) is 30.5 Å². The number of benzene rings is 1. The number of para-hydroxylation sites is 2. The van der Waals surface area contributed by atoms with Gasteiger partial charge in [0.05, 0.1) is 6.04 Å². The lowest BCUT2D eigenvalue weighted by Gasteiger charge is -2.37. The molecule has 24 heavy (non-hydrogen) atoms. The summed E-state index contributed by atoms with van der Waals surface area (Å²) in [6.07, 6.45) is 1.65. The minimum absolute atomic E-state index is 0.0867. The van der Waals surface area contributed by atoms with Crippen LogP contribution in [0, 0.1) is 0 Å². The Morgan fingerprint density at radius 3 is 2.83 bits per heavy atom. The number of carbonyl (C=O) groups is 1. The van der Waals surface area contributed by atoms with Gasteiger partial charge in [-0.25, -0.2) is 4.79 Å². The molecule has 0 aliphatic carbocycles. The van der Waals surface area contributed by atoms with E-state index in [9.17, 15) is 4.79 Å². The molecule has 2 heterocycles. The average Bonchev–Trinajstić information content (AvgIpc) is 2.96. The minimum Gasteiger partial charge on any atom is -0.444 e. The van der Waals surface area contributed by atoms with Crippen molar-refractivity contribution < 1.29 is 13.9 Å². The van der Waals surface area contributed by atoms with Crippen LogP contribution in [0.1, 0.15) is 33.6 Å². The van der Waals surface area contributed by atoms with Gasteiger partial charge in [0.2, 0.25) is 0 Å². The zero-order valence-electron chi connectivity index (χ0n) is 14.8. The normalized spacial score (nSPS) is 18.7. The summed E-state index contributed by atoms with van der Waals surface area (Å²) in [5.74, 6) is 0. The smallest absolute Gasteiger partial charge is 0.410 e. The van der Waals surface area contributed by atoms with Gasteiger partial charge in [-0.05, 0) is 45.7 Å². The molecular weight excluding hydrogens is 306 g/mol. The first-order valence-electron chi connectivity index (χ1n) is 8.40. The van der Waals surface area contributed by atoms with Crippen LogP contribution in [0.2, 0.25) is 0 Å². The van der Waals surface area contributed by atoms with Crippen molar-refractivity contribution in [1.29, 1.82) is 0 Å². The predicted molar refractivity (Wildman–Crippen MR) is 93.2 cm³/mol. The molecular formula is C18H25N3O3. The molecule has 6 heteroatoms. The van der Waals surface area contributed by atoms with Crippen LogP contribution in [0.25, 0.3) is 11.1 Å². The molecule has 0 spiro atoms. The highest BCUT2D eigenvalue weighted by atomic mass is 16.6. The molecule has 1 aliphatic rings. The summed E-state index contributed by atoms with van der Waals surface area (Å²) in [5.41, 5.74) is 1.16. The molecule has 1 aromatic carbocycles. The zero-order chi connectivity index (χ0) is 17.3. The highest BCUT2D eigenvalue weighted by Crippen LogP contribution is 2.26. The summed E-state index contributed by atoms with van der Waals surface area (Å²) in [6, 6.07) is 8.45. The van der Waals surface area contributed by atoms with E-state index >= 15 is 0 Å². The third-order valence-electron chi connectivity index (χ3n) is 4.18. The van der Waals surface area contributed by atoms with Crippen molar-refractivity contribution in [2.45, 2.75) is 45.3 Å². The molecule has 130 valence electrons. The van der Waals surface area contributed by atoms with Gasteiger partial charge in [-0.3, -0.25) is 0 Å². The van der Waals surface area contributed by atoms with E-state index in [1.54, 1.807) is 11.9 Å². The highest BCUT2D eigenvalue weighted by Gasteiger charge is 2.30. The summed E-state index contributed by atoms with van der Waals surface area (Å²) in [4.78, 5) is 20.6. The molecule has 1 amide bonds. The SMILES string of the molecule is CN(C(=O)OC(C)(C)C)[C@H]1CCCN(c2nc3ccccc3o2)C1. The lowest BCUT2D eigenvalue weighted by atomic mass is 10.1. The molecule has 3 rings (SSSR count). The standard InChI is InChI=1S/C18H25N3O3/c1-18(2,3)24-17(22)20(4)13-8-7-11-21(12-13)16-19-14-9-5-6-10-15(14)23-16/h5-6,9-10,13H,7-8,11-12H2,1-4H3/t13-/m0/s1. The zero-order valence-corrected chi connectivity index (χ0v) is 14.8. The molecule has 6 nitrogen and oxygen atoms in total. The quantitative estimate of drug-likeness (QED) is 0.840. The first kappa shape index (κ1) is 16.6. The molecule has 0 radical (unpaired) electrons. The number of piperidine rings is 1. The Balaban J connectivity index is 1.70. The van der Waals surface area contributed by atoms with Crippen LogP contribution in [0.4, 0.5) is 10.8 Å². The summed E-state index contributed by atoms with van der Waals surface area (Å²) in [7, 11) is 1.80. The summed E-state index contributed by atoms with van der Waals surface area (Å²) >= 11 is 0. The topological polar surface area (TPSA) is 58.8 Å². The second-order valence-electron chi connectivity index (χ2n) is 7.30. The van der Waals surface area contributed by atoms with Crippen molar-refractivity contribution in [3.8, 4) is 0 Å². The van der Waals surface area contributed by atoms with E-state index < -0.39 is 5.60 Å². The molecule has 1 saturated heterocycles. The number of likely N-dealkylation sites (N-methyl/N-ethyl adjacent to an activating group) is 1. The number of amides is 1. The van der Waals surface area contributed by atoms with Crippen LogP contribution in [-0.2, 0) is 4.74 Å². The predicted octanol–water partition coefficient (Wildman–Crippen LogP) is 3.66. The molecule has 1 atom stereocenters. The Bertz CT molecular complexity index is 687. The van der Waals surface area contributed by atoms with E-state index in [-0.39, 0.29) is 12.1 Å². The van der Waals surface area contributed by atoms with Gasteiger partial charge in [-0.15, -0.1) is 0 Å². The van der Waals surface area contributed by atoms with Crippen molar-refractivity contribution in [3.63, 3.8) is 0 Å². The Kier molecular flexibility index (Phi) is 4.39. The van der Waals surface area contributed by atoms with Gasteiger partial charge < -0.3 is 19.0 Å². The van der Waals surface area contributed by atoms with E-state index in [4.69, 9.17) is 9.15 Å². The van der Waals surface area contributed by atoms with Crippen LogP contribution in [0.15, 0.2) is 28.7 Å². The highest BCUT2D eigenvalue weighted by molar-refractivity contribution is 5.74. The molecule has 1 fully saturated rings. The number of anilines is 1. The monoisotopic (exact) mass is 331 g/mol. The fourth-order valence-electron chi connectivity index (χ4n) is 2.92. The number of carbonyl (C=O) groups excluding carboxylic acids is 1. The van der Waals surface area contributed by atoms with Crippen molar-refractivity contribution in [2.24, 2.45) is 0 Å². The van der Waals surface area contributed by atoms with Crippen LogP contribution < -0.4 is 4.90 Å². The molecule has 0 bridgehead atoms. The average molecular weight is 331 g/mol. The third kappa shape index (κ3) is 3.63. The lowest BCUT2D eigenvalue weighted by Crippen LogP contribution is -2.49. The maximum Gasteiger partial charge on any atom is 0.410 e. The molecule has 1 aliphatic heterocycles. The Morgan fingerprint density at radius 2 is 2.12 bits per heavy atom. The molecule has 0 unspecified atom stereocenters. The van der Waals surface area contributed by atoms with E-state index in [0.29, 0.717) is 12.6 Å². The van der Waals surface area contributed by atoms with Crippen molar-refractivity contribution in [3.05, 3.63) is 24.3 Å². The number of hydrogen-bond donors (Lipinski definition) is 0. The van der Waals surface area contributed by atoms with E-state index in [1.165, 1.54) is 0 Å². The van der Waals surface area contributed by atoms with Crippen LogP contribution in [0.5, 0.6) is 0 Å². The number of ether oxygens (including phenoxy) is 1. The molecule has 2 aromatic rings. The van der Waals surface area contributed by atoms with Gasteiger partial charge >= 0.3 is 6.09 Å². The van der Waals surface area contributed by atoms with Gasteiger partial charge in [-0.2, -0.15) is 4.98 Å². The number of nitrogens with zero attached hydrogens (tertiary/aromatic N) is 3. The first-order valence-corrected chi connectivity index (χ1v) is 8.40. The van der Waals surface area contributed by atoms with Gasteiger partial charge in [0.1, 0.15) is 11.1 Å². The number of rotatable bonds is 2. The van der Waals surface area contributed by atoms with Gasteiger partial charge in [0.15, 0.2) is 5.58 Å². The lowest BCUT2D eigenvalue weighted by molar-refractivity contribution is 0.0208. The van der Waals surface area contributed by atoms with Crippen LogP contribution in [-0.4, -0.2) is 47.8 Å². The number of aromatic nitrogens is 1. The maximum absolute atomic E-state index is 12.3. The van der Waals surface area contributed by atoms with Gasteiger partial charge in [0.25, 0.3) is 6.01 Å². The largest absolute Gasteiger partial charge is 0.444 e. The molecule has 0 N–H and O–H groups in total. The summed E-state index contributed by atoms with van der Waals surface area (Å²) in [6.45, 7) is 7.22. The maximum atomic E-state index is 12.3. The Labute approximate surface area is 142 Å². The van der Waals surface area contributed by atoms with Crippen molar-refractivity contribution >= 4 is 23.2 Å². The van der Waals surface area contributed by atoms with E-state index in [2.05, 4.69) is 9.88 Å². The molecule has 1 aromatic heterocycles. The van der Waals surface area contributed by atoms with Crippen molar-refractivity contribution in [1.82, 2.24) is 9.88 Å². The Morgan fingerprint density at radius 1 is 1.38 bits per heavy atom. The van der Waals surface area contributed by atoms with Crippen molar-refractivity contribution in [2.75, 3.05) is 25.0 Å². The number of hydrogen-bond acceptors (Lipinski definition) is 5. The second kappa shape index (κ2) is 6.34. The van der Waals surface area contributed by atoms with Gasteiger partial charge in [-0.1, -0.05) is 12.1 Å². The summed E-state index contributed by atoms with van der Waals surface area (Å²) < 4.78 is 11.3. The van der Waals surface area contributed by atoms with Gasteiger partial charge in [0, 0.05) is 20.1 Å². The number of fused-ring (bicyclic) bond motifs is 1. The fourth-order valence-corrected chi connectivity index (χ4v) is 2.92. The first-order chi connectivity index (χ1) is 11.3. The second-order valence-corrected chi connectivity index (χ2v) is 7.30. The van der Waals surface area contributed by atoms with Crippen LogP contribution >= 0.6 is 0 Å². The summed E-state index contributed by atoms with van der Waals surface area (Å²) in [5, 5.41) is 0. The number of oxazole rings is 1.